The normalized spacial score (nSPS) is 20.2. The molecule has 3 aliphatic rings. The van der Waals surface area contributed by atoms with Crippen molar-refractivity contribution in [3.05, 3.63) is 77.4 Å². The predicted octanol–water partition coefficient (Wildman–Crippen LogP) is 5.18. The van der Waals surface area contributed by atoms with E-state index in [1.807, 2.05) is 35.9 Å². The maximum atomic E-state index is 13.8. The summed E-state index contributed by atoms with van der Waals surface area (Å²) in [6, 6.07) is 15.1. The average Bonchev–Trinajstić information content (AvgIpc) is 3.70. The van der Waals surface area contributed by atoms with E-state index in [1.165, 1.54) is 24.1 Å². The van der Waals surface area contributed by atoms with Crippen molar-refractivity contribution in [2.45, 2.75) is 38.6 Å². The van der Waals surface area contributed by atoms with E-state index in [0.717, 1.165) is 74.0 Å². The van der Waals surface area contributed by atoms with Crippen LogP contribution in [-0.4, -0.2) is 60.3 Å². The third-order valence-corrected chi connectivity index (χ3v) is 7.93. The fraction of sp³-hybridized carbons (Fsp3) is 0.419. The molecule has 2 saturated heterocycles. The molecule has 2 aliphatic heterocycles. The van der Waals surface area contributed by atoms with Crippen LogP contribution >= 0.6 is 0 Å². The maximum absolute atomic E-state index is 13.8. The molecule has 0 radical (unpaired) electrons. The van der Waals surface area contributed by atoms with Crippen LogP contribution in [-0.2, 0) is 9.53 Å². The number of rotatable bonds is 7. The molecule has 7 heteroatoms. The van der Waals surface area contributed by atoms with Crippen molar-refractivity contribution in [2.75, 3.05) is 44.9 Å². The highest BCUT2D eigenvalue weighted by Gasteiger charge is 2.40. The van der Waals surface area contributed by atoms with Crippen LogP contribution in [0.5, 0.6) is 5.75 Å². The van der Waals surface area contributed by atoms with E-state index in [0.29, 0.717) is 5.92 Å². The number of methoxy groups -OCH3 is 1. The van der Waals surface area contributed by atoms with E-state index in [4.69, 9.17) is 9.47 Å². The van der Waals surface area contributed by atoms with Crippen LogP contribution in [0.4, 0.5) is 5.69 Å². The average molecular weight is 513 g/mol. The molecule has 1 atom stereocenters. The number of carbonyl (C=O) groups excluding carboxylic acids is 1. The number of aromatic nitrogens is 2. The molecule has 2 aromatic carbocycles. The summed E-state index contributed by atoms with van der Waals surface area (Å²) >= 11 is 0. The highest BCUT2D eigenvalue weighted by molar-refractivity contribution is 5.99. The van der Waals surface area contributed by atoms with Crippen molar-refractivity contribution < 1.29 is 14.3 Å². The number of benzene rings is 2. The summed E-state index contributed by atoms with van der Waals surface area (Å²) in [5.41, 5.74) is 6.22. The smallest absolute Gasteiger partial charge is 0.250 e. The van der Waals surface area contributed by atoms with E-state index in [2.05, 4.69) is 45.1 Å². The maximum Gasteiger partial charge on any atom is 0.250 e. The SMILES string of the molecule is COc1cc(C=C2CCCN(C(c3ccc(N4CCOCC4)cc3)C3CC3)C2=O)ccc1-n1cnc(C)c1. The van der Waals surface area contributed by atoms with E-state index in [-0.39, 0.29) is 11.9 Å². The Labute approximate surface area is 224 Å². The van der Waals surface area contributed by atoms with Gasteiger partial charge in [0.1, 0.15) is 5.75 Å². The molecule has 7 nitrogen and oxygen atoms in total. The number of amides is 1. The van der Waals surface area contributed by atoms with Crippen LogP contribution in [0.2, 0.25) is 0 Å². The zero-order chi connectivity index (χ0) is 26.1. The van der Waals surface area contributed by atoms with Gasteiger partial charge in [0.05, 0.1) is 44.1 Å². The predicted molar refractivity (Wildman–Crippen MR) is 149 cm³/mol. The lowest BCUT2D eigenvalue weighted by Crippen LogP contribution is -2.40. The Morgan fingerprint density at radius 1 is 1.08 bits per heavy atom. The Balaban J connectivity index is 1.23. The van der Waals surface area contributed by atoms with Gasteiger partial charge in [0, 0.05) is 37.1 Å². The first-order chi connectivity index (χ1) is 18.6. The second-order valence-electron chi connectivity index (χ2n) is 10.6. The number of anilines is 1. The van der Waals surface area contributed by atoms with Gasteiger partial charge in [-0.1, -0.05) is 18.2 Å². The number of imidazole rings is 1. The zero-order valence-corrected chi connectivity index (χ0v) is 22.3. The number of nitrogens with zero attached hydrogens (tertiary/aromatic N) is 4. The largest absolute Gasteiger partial charge is 0.495 e. The van der Waals surface area contributed by atoms with E-state index in [1.54, 1.807) is 13.4 Å². The molecule has 1 unspecified atom stereocenters. The van der Waals surface area contributed by atoms with Crippen molar-refractivity contribution >= 4 is 17.7 Å². The van der Waals surface area contributed by atoms with Crippen LogP contribution in [0.3, 0.4) is 0 Å². The first-order valence-corrected chi connectivity index (χ1v) is 13.7. The van der Waals surface area contributed by atoms with E-state index < -0.39 is 0 Å². The molecule has 1 saturated carbocycles. The van der Waals surface area contributed by atoms with Crippen LogP contribution in [0.1, 0.15) is 48.5 Å². The Morgan fingerprint density at radius 2 is 1.87 bits per heavy atom. The van der Waals surface area contributed by atoms with Gasteiger partial charge in [0.15, 0.2) is 0 Å². The van der Waals surface area contributed by atoms with Gasteiger partial charge < -0.3 is 23.8 Å². The topological polar surface area (TPSA) is 59.8 Å². The Hall–Kier alpha value is -3.58. The van der Waals surface area contributed by atoms with Crippen LogP contribution in [0, 0.1) is 12.8 Å². The second kappa shape index (κ2) is 10.7. The number of ether oxygens (including phenoxy) is 2. The summed E-state index contributed by atoms with van der Waals surface area (Å²) in [6.45, 7) is 6.19. The minimum absolute atomic E-state index is 0.145. The molecule has 198 valence electrons. The summed E-state index contributed by atoms with van der Waals surface area (Å²) in [4.78, 5) is 22.7. The molecule has 0 N–H and O–H groups in total. The molecule has 6 rings (SSSR count). The summed E-state index contributed by atoms with van der Waals surface area (Å²) < 4.78 is 13.2. The first-order valence-electron chi connectivity index (χ1n) is 13.7. The lowest BCUT2D eigenvalue weighted by molar-refractivity contribution is -0.131. The minimum Gasteiger partial charge on any atom is -0.495 e. The molecule has 3 heterocycles. The monoisotopic (exact) mass is 512 g/mol. The van der Waals surface area contributed by atoms with Crippen LogP contribution in [0.25, 0.3) is 11.8 Å². The number of piperidine rings is 1. The lowest BCUT2D eigenvalue weighted by Gasteiger charge is -2.37. The van der Waals surface area contributed by atoms with Gasteiger partial charge in [-0.05, 0) is 80.0 Å². The molecule has 1 amide bonds. The molecular weight excluding hydrogens is 476 g/mol. The van der Waals surface area contributed by atoms with Gasteiger partial charge in [0.2, 0.25) is 5.91 Å². The number of morpholine rings is 1. The Kier molecular flexibility index (Phi) is 6.94. The summed E-state index contributed by atoms with van der Waals surface area (Å²) in [7, 11) is 1.68. The molecule has 0 bridgehead atoms. The fourth-order valence-corrected chi connectivity index (χ4v) is 5.81. The van der Waals surface area contributed by atoms with Gasteiger partial charge in [-0.15, -0.1) is 0 Å². The second-order valence-corrected chi connectivity index (χ2v) is 10.6. The van der Waals surface area contributed by atoms with Crippen molar-refractivity contribution in [3.63, 3.8) is 0 Å². The summed E-state index contributed by atoms with van der Waals surface area (Å²) in [5.74, 6) is 1.47. The number of hydrogen-bond donors (Lipinski definition) is 0. The van der Waals surface area contributed by atoms with Gasteiger partial charge in [-0.3, -0.25) is 4.79 Å². The van der Waals surface area contributed by atoms with Crippen molar-refractivity contribution in [2.24, 2.45) is 5.92 Å². The number of hydrogen-bond acceptors (Lipinski definition) is 5. The molecule has 3 fully saturated rings. The summed E-state index contributed by atoms with van der Waals surface area (Å²) in [5, 5.41) is 0. The Morgan fingerprint density at radius 3 is 2.55 bits per heavy atom. The van der Waals surface area contributed by atoms with Crippen molar-refractivity contribution in [3.8, 4) is 11.4 Å². The molecule has 1 aliphatic carbocycles. The lowest BCUT2D eigenvalue weighted by atomic mass is 9.94. The molecular formula is C31H36N4O3. The third kappa shape index (κ3) is 5.07. The standard InChI is InChI=1S/C31H36N4O3/c1-22-20-34(21-32-22)28-12-5-23(19-29(28)37-2)18-26-4-3-13-35(31(26)36)30(24-6-7-24)25-8-10-27(11-9-25)33-14-16-38-17-15-33/h5,8-12,18-21,24,30H,3-4,6-7,13-17H2,1-2H3. The van der Waals surface area contributed by atoms with Gasteiger partial charge >= 0.3 is 0 Å². The van der Waals surface area contributed by atoms with E-state index in [9.17, 15) is 4.79 Å². The van der Waals surface area contributed by atoms with Gasteiger partial charge in [-0.25, -0.2) is 4.98 Å². The van der Waals surface area contributed by atoms with Gasteiger partial charge in [0.25, 0.3) is 0 Å². The van der Waals surface area contributed by atoms with Crippen LogP contribution < -0.4 is 9.64 Å². The molecule has 38 heavy (non-hydrogen) atoms. The highest BCUT2D eigenvalue weighted by Crippen LogP contribution is 2.46. The van der Waals surface area contributed by atoms with Crippen molar-refractivity contribution in [1.82, 2.24) is 14.5 Å². The van der Waals surface area contributed by atoms with E-state index >= 15 is 0 Å². The third-order valence-electron chi connectivity index (χ3n) is 7.93. The molecule has 1 aromatic heterocycles. The minimum atomic E-state index is 0.145. The molecule has 3 aromatic rings. The number of likely N-dealkylation sites (tertiary alicyclic amines) is 1. The summed E-state index contributed by atoms with van der Waals surface area (Å²) in [6.07, 6.45) is 9.97. The highest BCUT2D eigenvalue weighted by atomic mass is 16.5. The van der Waals surface area contributed by atoms with Crippen LogP contribution in [0.15, 0.2) is 60.6 Å². The van der Waals surface area contributed by atoms with Gasteiger partial charge in [-0.2, -0.15) is 0 Å². The number of carbonyl (C=O) groups is 1. The molecule has 0 spiro atoms. The zero-order valence-electron chi connectivity index (χ0n) is 22.3. The first kappa shape index (κ1) is 24.7. The fourth-order valence-electron chi connectivity index (χ4n) is 5.81. The Bertz CT molecular complexity index is 1320. The van der Waals surface area contributed by atoms with Crippen molar-refractivity contribution in [1.29, 1.82) is 0 Å². The number of aryl methyl sites for hydroxylation is 1. The quantitative estimate of drug-likeness (QED) is 0.408.